The van der Waals surface area contributed by atoms with Crippen molar-refractivity contribution in [3.63, 3.8) is 0 Å². The van der Waals surface area contributed by atoms with E-state index in [2.05, 4.69) is 53.4 Å². The van der Waals surface area contributed by atoms with Crippen molar-refractivity contribution in [1.82, 2.24) is 14.7 Å². The lowest BCUT2D eigenvalue weighted by molar-refractivity contribution is -0.152. The van der Waals surface area contributed by atoms with Gasteiger partial charge in [0.05, 0.1) is 6.04 Å². The highest BCUT2D eigenvalue weighted by atomic mass is 16.2. The van der Waals surface area contributed by atoms with Crippen molar-refractivity contribution >= 4 is 11.8 Å². The van der Waals surface area contributed by atoms with Crippen LogP contribution in [0.3, 0.4) is 0 Å². The van der Waals surface area contributed by atoms with Gasteiger partial charge in [-0.05, 0) is 35.1 Å². The molecule has 3 aliphatic rings. The molecule has 0 saturated carbocycles. The smallest absolute Gasteiger partial charge is 0.312 e. The van der Waals surface area contributed by atoms with Crippen LogP contribution in [0.25, 0.3) is 11.1 Å². The van der Waals surface area contributed by atoms with E-state index < -0.39 is 0 Å². The Morgan fingerprint density at radius 1 is 0.643 bits per heavy atom. The molecule has 144 valence electrons. The van der Waals surface area contributed by atoms with Gasteiger partial charge in [0.1, 0.15) is 0 Å². The first-order valence-corrected chi connectivity index (χ1v) is 10.2. The van der Waals surface area contributed by atoms with E-state index in [4.69, 9.17) is 0 Å². The van der Waals surface area contributed by atoms with Crippen LogP contribution in [0, 0.1) is 0 Å². The molecule has 0 bridgehead atoms. The van der Waals surface area contributed by atoms with Crippen molar-refractivity contribution in [2.24, 2.45) is 0 Å². The molecule has 5 rings (SSSR count). The quantitative estimate of drug-likeness (QED) is 0.720. The lowest BCUT2D eigenvalue weighted by Gasteiger charge is -2.38. The van der Waals surface area contributed by atoms with E-state index >= 15 is 0 Å². The third-order valence-electron chi connectivity index (χ3n) is 6.34. The molecule has 2 aromatic carbocycles. The molecule has 5 heteroatoms. The highest BCUT2D eigenvalue weighted by Crippen LogP contribution is 2.46. The summed E-state index contributed by atoms with van der Waals surface area (Å²) in [6.45, 7) is 4.23. The largest absolute Gasteiger partial charge is 0.334 e. The van der Waals surface area contributed by atoms with E-state index in [1.54, 1.807) is 9.80 Å². The minimum Gasteiger partial charge on any atom is -0.334 e. The van der Waals surface area contributed by atoms with Gasteiger partial charge in [0, 0.05) is 39.3 Å². The Bertz CT molecular complexity index is 866. The normalized spacial score (nSPS) is 19.6. The Morgan fingerprint density at radius 3 is 1.64 bits per heavy atom. The lowest BCUT2D eigenvalue weighted by atomic mass is 10.0. The zero-order valence-corrected chi connectivity index (χ0v) is 16.0. The third kappa shape index (κ3) is 2.81. The molecule has 0 aromatic heterocycles. The maximum Gasteiger partial charge on any atom is 0.312 e. The minimum absolute atomic E-state index is 0.235. The van der Waals surface area contributed by atoms with Crippen molar-refractivity contribution in [2.75, 3.05) is 39.3 Å². The van der Waals surface area contributed by atoms with E-state index in [1.807, 2.05) is 0 Å². The second-order valence-electron chi connectivity index (χ2n) is 7.90. The van der Waals surface area contributed by atoms with Gasteiger partial charge < -0.3 is 9.80 Å². The summed E-state index contributed by atoms with van der Waals surface area (Å²) in [4.78, 5) is 31.0. The molecule has 2 aromatic rings. The number of hydrogen-bond donors (Lipinski definition) is 0. The molecule has 0 radical (unpaired) electrons. The molecule has 0 atom stereocenters. The van der Waals surface area contributed by atoms with Crippen LogP contribution in [0.5, 0.6) is 0 Å². The highest BCUT2D eigenvalue weighted by molar-refractivity contribution is 6.35. The lowest BCUT2D eigenvalue weighted by Crippen LogP contribution is -2.53. The summed E-state index contributed by atoms with van der Waals surface area (Å²) in [7, 11) is 0. The van der Waals surface area contributed by atoms with Gasteiger partial charge in [-0.15, -0.1) is 0 Å². The number of likely N-dealkylation sites (tertiary alicyclic amines) is 1. The summed E-state index contributed by atoms with van der Waals surface area (Å²) >= 11 is 0. The fourth-order valence-electron chi connectivity index (χ4n) is 4.90. The van der Waals surface area contributed by atoms with E-state index in [0.717, 1.165) is 39.0 Å². The van der Waals surface area contributed by atoms with Crippen molar-refractivity contribution < 1.29 is 9.59 Å². The molecule has 2 heterocycles. The highest BCUT2D eigenvalue weighted by Gasteiger charge is 2.36. The van der Waals surface area contributed by atoms with Crippen LogP contribution in [0.4, 0.5) is 0 Å². The summed E-state index contributed by atoms with van der Waals surface area (Å²) in [5.41, 5.74) is 5.31. The Hall–Kier alpha value is -2.66. The van der Waals surface area contributed by atoms with Gasteiger partial charge in [0.25, 0.3) is 0 Å². The maximum absolute atomic E-state index is 12.6. The van der Waals surface area contributed by atoms with Crippen LogP contribution in [0.15, 0.2) is 48.5 Å². The average Bonchev–Trinajstić information content (AvgIpc) is 3.39. The fourth-order valence-corrected chi connectivity index (χ4v) is 4.90. The molecule has 0 unspecified atom stereocenters. The van der Waals surface area contributed by atoms with Crippen LogP contribution in [0.2, 0.25) is 0 Å². The van der Waals surface area contributed by atoms with Crippen LogP contribution >= 0.6 is 0 Å². The molecule has 2 fully saturated rings. The summed E-state index contributed by atoms with van der Waals surface area (Å²) in [5, 5.41) is 0. The molecular weight excluding hydrogens is 350 g/mol. The number of amides is 2. The number of carbonyl (C=O) groups excluding carboxylic acids is 2. The standard InChI is InChI=1S/C23H25N3O2/c27-22(25-11-5-6-12-25)23(28)26-15-13-24(14-16-26)21-19-9-3-1-7-17(19)18-8-2-4-10-20(18)21/h1-4,7-10,21H,5-6,11-16H2. The number of rotatable bonds is 1. The zero-order valence-electron chi connectivity index (χ0n) is 16.0. The van der Waals surface area contributed by atoms with Crippen molar-refractivity contribution in [1.29, 1.82) is 0 Å². The Kier molecular flexibility index (Phi) is 4.40. The van der Waals surface area contributed by atoms with E-state index in [9.17, 15) is 9.59 Å². The number of piperazine rings is 1. The second-order valence-corrected chi connectivity index (χ2v) is 7.90. The number of fused-ring (bicyclic) bond motifs is 3. The molecule has 2 aliphatic heterocycles. The predicted molar refractivity (Wildman–Crippen MR) is 108 cm³/mol. The number of nitrogens with zero attached hydrogens (tertiary/aromatic N) is 3. The minimum atomic E-state index is -0.325. The first kappa shape index (κ1) is 17.4. The summed E-state index contributed by atoms with van der Waals surface area (Å²) < 4.78 is 0. The molecule has 0 N–H and O–H groups in total. The van der Waals surface area contributed by atoms with Crippen LogP contribution in [0.1, 0.15) is 30.0 Å². The average molecular weight is 375 g/mol. The van der Waals surface area contributed by atoms with Crippen molar-refractivity contribution in [3.8, 4) is 11.1 Å². The Balaban J connectivity index is 1.32. The molecule has 28 heavy (non-hydrogen) atoms. The van der Waals surface area contributed by atoms with Gasteiger partial charge in [-0.2, -0.15) is 0 Å². The topological polar surface area (TPSA) is 43.9 Å². The summed E-state index contributed by atoms with van der Waals surface area (Å²) in [6.07, 6.45) is 2.01. The van der Waals surface area contributed by atoms with Crippen LogP contribution < -0.4 is 0 Å². The molecule has 0 spiro atoms. The Labute approximate surface area is 165 Å². The first-order valence-electron chi connectivity index (χ1n) is 10.2. The molecule has 2 saturated heterocycles. The zero-order chi connectivity index (χ0) is 19.1. The third-order valence-corrected chi connectivity index (χ3v) is 6.34. The Morgan fingerprint density at radius 2 is 1.11 bits per heavy atom. The number of benzene rings is 2. The molecular formula is C23H25N3O2. The number of carbonyl (C=O) groups is 2. The summed E-state index contributed by atoms with van der Waals surface area (Å²) in [5.74, 6) is -0.642. The van der Waals surface area contributed by atoms with Crippen LogP contribution in [-0.2, 0) is 9.59 Å². The van der Waals surface area contributed by atoms with Crippen molar-refractivity contribution in [2.45, 2.75) is 18.9 Å². The SMILES string of the molecule is O=C(C(=O)N1CCN(C2c3ccccc3-c3ccccc32)CC1)N1CCCC1. The van der Waals surface area contributed by atoms with Gasteiger partial charge in [0.2, 0.25) is 0 Å². The monoisotopic (exact) mass is 375 g/mol. The van der Waals surface area contributed by atoms with E-state index in [-0.39, 0.29) is 17.9 Å². The number of hydrogen-bond acceptors (Lipinski definition) is 3. The van der Waals surface area contributed by atoms with Gasteiger partial charge in [-0.25, -0.2) is 0 Å². The predicted octanol–water partition coefficient (Wildman–Crippen LogP) is 2.52. The van der Waals surface area contributed by atoms with Crippen LogP contribution in [-0.4, -0.2) is 65.8 Å². The summed E-state index contributed by atoms with van der Waals surface area (Å²) in [6, 6.07) is 17.5. The van der Waals surface area contributed by atoms with Gasteiger partial charge in [0.15, 0.2) is 0 Å². The molecule has 1 aliphatic carbocycles. The van der Waals surface area contributed by atoms with Gasteiger partial charge in [-0.3, -0.25) is 14.5 Å². The van der Waals surface area contributed by atoms with E-state index in [1.165, 1.54) is 22.3 Å². The maximum atomic E-state index is 12.6. The second kappa shape index (κ2) is 7.06. The van der Waals surface area contributed by atoms with E-state index in [0.29, 0.717) is 13.1 Å². The first-order chi connectivity index (χ1) is 13.7. The van der Waals surface area contributed by atoms with Gasteiger partial charge >= 0.3 is 11.8 Å². The molecule has 5 nitrogen and oxygen atoms in total. The van der Waals surface area contributed by atoms with Crippen molar-refractivity contribution in [3.05, 3.63) is 59.7 Å². The van der Waals surface area contributed by atoms with Gasteiger partial charge in [-0.1, -0.05) is 48.5 Å². The molecule has 2 amide bonds. The fraction of sp³-hybridized carbons (Fsp3) is 0.391.